The third-order valence-electron chi connectivity index (χ3n) is 6.57. The summed E-state index contributed by atoms with van der Waals surface area (Å²) in [6.45, 7) is 11.6. The van der Waals surface area contributed by atoms with Crippen molar-refractivity contribution in [2.45, 2.75) is 97.1 Å². The summed E-state index contributed by atoms with van der Waals surface area (Å²) in [5.74, 6) is 0.744. The van der Waals surface area contributed by atoms with Crippen LogP contribution in [0.1, 0.15) is 86.0 Å². The quantitative estimate of drug-likeness (QED) is 0.728. The van der Waals surface area contributed by atoms with Gasteiger partial charge in [0.25, 0.3) is 0 Å². The van der Waals surface area contributed by atoms with E-state index in [1.165, 1.54) is 19.3 Å². The van der Waals surface area contributed by atoms with Crippen molar-refractivity contribution in [3.8, 4) is 0 Å². The third kappa shape index (κ3) is 3.84. The molecule has 4 aliphatic rings. The Balaban J connectivity index is 1.87. The van der Waals surface area contributed by atoms with Crippen molar-refractivity contribution in [3.63, 3.8) is 0 Å². The van der Waals surface area contributed by atoms with E-state index in [1.807, 2.05) is 20.8 Å². The lowest BCUT2D eigenvalue weighted by Gasteiger charge is -2.67. The van der Waals surface area contributed by atoms with E-state index in [4.69, 9.17) is 4.74 Å². The molecular formula is C21H37NO3. The van der Waals surface area contributed by atoms with Crippen LogP contribution in [0.4, 0.5) is 4.79 Å². The van der Waals surface area contributed by atoms with Gasteiger partial charge in [-0.3, -0.25) is 0 Å². The first-order chi connectivity index (χ1) is 11.5. The van der Waals surface area contributed by atoms with E-state index in [0.29, 0.717) is 17.4 Å². The van der Waals surface area contributed by atoms with Gasteiger partial charge in [0.2, 0.25) is 0 Å². The Morgan fingerprint density at radius 2 is 1.68 bits per heavy atom. The number of hydrogen-bond donors (Lipinski definition) is 1. The Hall–Kier alpha value is -0.770. The van der Waals surface area contributed by atoms with Crippen LogP contribution in [0.3, 0.4) is 0 Å². The summed E-state index contributed by atoms with van der Waals surface area (Å²) in [4.78, 5) is 15.2. The second kappa shape index (κ2) is 6.14. The van der Waals surface area contributed by atoms with Crippen molar-refractivity contribution in [1.29, 1.82) is 0 Å². The maximum Gasteiger partial charge on any atom is 0.410 e. The van der Waals surface area contributed by atoms with Crippen LogP contribution >= 0.6 is 0 Å². The Kier molecular flexibility index (Phi) is 4.67. The number of hydrogen-bond acceptors (Lipinski definition) is 3. The largest absolute Gasteiger partial charge is 0.444 e. The minimum absolute atomic E-state index is 0.0410. The first kappa shape index (κ1) is 19.0. The molecule has 1 N–H and O–H groups in total. The summed E-state index contributed by atoms with van der Waals surface area (Å²) in [7, 11) is 0. The Labute approximate surface area is 153 Å². The smallest absolute Gasteiger partial charge is 0.410 e. The molecule has 4 aliphatic carbocycles. The number of aliphatic hydroxyl groups is 1. The molecule has 0 saturated heterocycles. The zero-order chi connectivity index (χ0) is 18.5. The SMILES string of the molecule is CC(C)(C)OC(=O)N(CCCCO)C12CC3C[C@@](C)(C1)C[C@](C)(C3)C2. The first-order valence-electron chi connectivity index (χ1n) is 10.1. The summed E-state index contributed by atoms with van der Waals surface area (Å²) in [6, 6.07) is 0. The van der Waals surface area contributed by atoms with Crippen LogP contribution in [0.15, 0.2) is 0 Å². The molecule has 4 saturated carbocycles. The van der Waals surface area contributed by atoms with Gasteiger partial charge in [0.15, 0.2) is 0 Å². The molecule has 4 heteroatoms. The van der Waals surface area contributed by atoms with Gasteiger partial charge in [-0.15, -0.1) is 0 Å². The number of amides is 1. The number of unbranched alkanes of at least 4 members (excludes halogenated alkanes) is 1. The number of rotatable bonds is 5. The van der Waals surface area contributed by atoms with Crippen molar-refractivity contribution in [3.05, 3.63) is 0 Å². The Morgan fingerprint density at radius 1 is 1.08 bits per heavy atom. The lowest BCUT2D eigenvalue weighted by Crippen LogP contribution is -2.66. The molecule has 0 radical (unpaired) electrons. The van der Waals surface area contributed by atoms with Crippen LogP contribution in [0.2, 0.25) is 0 Å². The molecule has 4 fully saturated rings. The number of nitrogens with zero attached hydrogens (tertiary/aromatic N) is 1. The average Bonchev–Trinajstić information content (AvgIpc) is 2.37. The Bertz CT molecular complexity index is 506. The molecule has 0 aromatic carbocycles. The second-order valence-corrected chi connectivity index (χ2v) is 10.9. The van der Waals surface area contributed by atoms with Crippen LogP contribution in [0.5, 0.6) is 0 Å². The highest BCUT2D eigenvalue weighted by molar-refractivity contribution is 5.69. The van der Waals surface area contributed by atoms with Crippen LogP contribution in [0, 0.1) is 16.7 Å². The van der Waals surface area contributed by atoms with Crippen molar-refractivity contribution >= 4 is 6.09 Å². The third-order valence-corrected chi connectivity index (χ3v) is 6.57. The predicted molar refractivity (Wildman–Crippen MR) is 99.4 cm³/mol. The molecule has 4 nitrogen and oxygen atoms in total. The van der Waals surface area contributed by atoms with Crippen LogP contribution in [0.25, 0.3) is 0 Å². The molecule has 1 amide bonds. The summed E-state index contributed by atoms with van der Waals surface area (Å²) >= 11 is 0. The second-order valence-electron chi connectivity index (χ2n) is 10.9. The monoisotopic (exact) mass is 351 g/mol. The predicted octanol–water partition coefficient (Wildman–Crippen LogP) is 4.75. The van der Waals surface area contributed by atoms with E-state index < -0.39 is 5.60 Å². The van der Waals surface area contributed by atoms with Crippen molar-refractivity contribution < 1.29 is 14.6 Å². The lowest BCUT2D eigenvalue weighted by atomic mass is 9.42. The molecule has 144 valence electrons. The van der Waals surface area contributed by atoms with Crippen molar-refractivity contribution in [1.82, 2.24) is 4.90 Å². The summed E-state index contributed by atoms with van der Waals surface area (Å²) in [5.41, 5.74) is 0.222. The van der Waals surface area contributed by atoms with Crippen LogP contribution < -0.4 is 0 Å². The van der Waals surface area contributed by atoms with Gasteiger partial charge >= 0.3 is 6.09 Å². The molecule has 4 atom stereocenters. The fourth-order valence-electron chi connectivity index (χ4n) is 6.91. The maximum absolute atomic E-state index is 13.1. The van der Waals surface area contributed by atoms with Gasteiger partial charge in [-0.2, -0.15) is 0 Å². The highest BCUT2D eigenvalue weighted by Gasteiger charge is 2.62. The van der Waals surface area contributed by atoms with Gasteiger partial charge in [-0.05, 0) is 88.9 Å². The molecule has 2 unspecified atom stereocenters. The van der Waals surface area contributed by atoms with Gasteiger partial charge in [0, 0.05) is 18.7 Å². The topological polar surface area (TPSA) is 49.8 Å². The van der Waals surface area contributed by atoms with E-state index in [2.05, 4.69) is 18.7 Å². The van der Waals surface area contributed by atoms with E-state index in [0.717, 1.165) is 38.0 Å². The van der Waals surface area contributed by atoms with E-state index in [9.17, 15) is 9.90 Å². The highest BCUT2D eigenvalue weighted by Crippen LogP contribution is 2.67. The Morgan fingerprint density at radius 3 is 2.16 bits per heavy atom. The molecule has 25 heavy (non-hydrogen) atoms. The molecule has 0 spiro atoms. The first-order valence-corrected chi connectivity index (χ1v) is 10.1. The van der Waals surface area contributed by atoms with Gasteiger partial charge in [-0.1, -0.05) is 13.8 Å². The minimum atomic E-state index is -0.470. The average molecular weight is 352 g/mol. The zero-order valence-electron chi connectivity index (χ0n) is 16.9. The molecule has 0 heterocycles. The maximum atomic E-state index is 13.1. The van der Waals surface area contributed by atoms with Gasteiger partial charge in [0.1, 0.15) is 5.60 Å². The van der Waals surface area contributed by atoms with Crippen LogP contribution in [-0.4, -0.2) is 40.4 Å². The summed E-state index contributed by atoms with van der Waals surface area (Å²) in [5, 5.41) is 9.19. The number of ether oxygens (including phenoxy) is 1. The van der Waals surface area contributed by atoms with Crippen LogP contribution in [-0.2, 0) is 4.74 Å². The zero-order valence-corrected chi connectivity index (χ0v) is 16.9. The van der Waals surface area contributed by atoms with Gasteiger partial charge in [-0.25, -0.2) is 4.79 Å². The molecular weight excluding hydrogens is 314 g/mol. The molecule has 4 rings (SSSR count). The van der Waals surface area contributed by atoms with E-state index in [1.54, 1.807) is 0 Å². The van der Waals surface area contributed by atoms with Gasteiger partial charge < -0.3 is 14.7 Å². The number of carbonyl (C=O) groups is 1. The van der Waals surface area contributed by atoms with E-state index in [-0.39, 0.29) is 18.2 Å². The fourth-order valence-corrected chi connectivity index (χ4v) is 6.91. The molecule has 0 aliphatic heterocycles. The van der Waals surface area contributed by atoms with Crippen molar-refractivity contribution in [2.24, 2.45) is 16.7 Å². The van der Waals surface area contributed by atoms with Crippen molar-refractivity contribution in [2.75, 3.05) is 13.2 Å². The minimum Gasteiger partial charge on any atom is -0.444 e. The normalized spacial score (nSPS) is 39.5. The molecule has 0 aromatic rings. The molecule has 0 aromatic heterocycles. The lowest BCUT2D eigenvalue weighted by molar-refractivity contribution is -0.157. The molecule has 4 bridgehead atoms. The number of carbonyl (C=O) groups excluding carboxylic acids is 1. The fraction of sp³-hybridized carbons (Fsp3) is 0.952. The highest BCUT2D eigenvalue weighted by atomic mass is 16.6. The van der Waals surface area contributed by atoms with E-state index >= 15 is 0 Å². The number of aliphatic hydroxyl groups excluding tert-OH is 1. The summed E-state index contributed by atoms with van der Waals surface area (Å²) in [6.07, 6.45) is 8.75. The summed E-state index contributed by atoms with van der Waals surface area (Å²) < 4.78 is 5.81. The van der Waals surface area contributed by atoms with Gasteiger partial charge in [0.05, 0.1) is 0 Å². The standard InChI is InChI=1S/C21H37NO3/c1-18(2,3)25-17(24)22(8-6-7-9-23)21-12-16-10-19(4,14-21)13-20(5,11-16)15-21/h16,23H,6-15H2,1-5H3/t16?,19-,20+,21?.